The fourth-order valence-corrected chi connectivity index (χ4v) is 2.70. The number of unbranched alkanes of at least 4 members (excludes halogenated alkanes) is 7. The van der Waals surface area contributed by atoms with E-state index < -0.39 is 0 Å². The molecule has 0 aromatic heterocycles. The van der Waals surface area contributed by atoms with Crippen LogP contribution >= 0.6 is 0 Å². The van der Waals surface area contributed by atoms with E-state index in [1.165, 1.54) is 70.6 Å². The standard InChI is InChI=1S/C19H36O/c1-4-5-6-7-8-9-10-11-15-18-19(20-18)16-13-12-14-17(2)3/h13,16-19H,4-12,14-15H2,1-3H3/b16-13-/t18-,19+/m1/s1. The van der Waals surface area contributed by atoms with Crippen molar-refractivity contribution in [1.29, 1.82) is 0 Å². The van der Waals surface area contributed by atoms with Gasteiger partial charge in [0.2, 0.25) is 0 Å². The molecule has 0 aliphatic carbocycles. The Hall–Kier alpha value is -0.300. The number of hydrogen-bond acceptors (Lipinski definition) is 1. The molecule has 1 fully saturated rings. The Bertz CT molecular complexity index is 244. The largest absolute Gasteiger partial charge is 0.365 e. The lowest BCUT2D eigenvalue weighted by molar-refractivity contribution is 0.372. The number of ether oxygens (including phenoxy) is 1. The monoisotopic (exact) mass is 280 g/mol. The summed E-state index contributed by atoms with van der Waals surface area (Å²) in [5.74, 6) is 0.813. The van der Waals surface area contributed by atoms with Crippen LogP contribution in [-0.4, -0.2) is 12.2 Å². The van der Waals surface area contributed by atoms with Gasteiger partial charge in [0.25, 0.3) is 0 Å². The highest BCUT2D eigenvalue weighted by atomic mass is 16.6. The SMILES string of the molecule is CCCCCCCCCC[C@H]1O[C@H]1/C=C\CCC(C)C. The molecule has 1 saturated heterocycles. The molecule has 0 spiro atoms. The topological polar surface area (TPSA) is 12.5 Å². The molecule has 0 unspecified atom stereocenters. The predicted octanol–water partition coefficient (Wildman–Crippen LogP) is 6.28. The van der Waals surface area contributed by atoms with Gasteiger partial charge in [-0.2, -0.15) is 0 Å². The number of epoxide rings is 1. The summed E-state index contributed by atoms with van der Waals surface area (Å²) in [6.45, 7) is 6.85. The maximum Gasteiger partial charge on any atom is 0.102 e. The molecule has 1 nitrogen and oxygen atoms in total. The lowest BCUT2D eigenvalue weighted by atomic mass is 10.1. The first-order valence-electron chi connectivity index (χ1n) is 9.06. The minimum atomic E-state index is 0.451. The van der Waals surface area contributed by atoms with Crippen molar-refractivity contribution in [3.63, 3.8) is 0 Å². The fourth-order valence-electron chi connectivity index (χ4n) is 2.70. The lowest BCUT2D eigenvalue weighted by Gasteiger charge is -2.00. The molecule has 1 aliphatic rings. The smallest absolute Gasteiger partial charge is 0.102 e. The quantitative estimate of drug-likeness (QED) is 0.220. The summed E-state index contributed by atoms with van der Waals surface area (Å²) in [5, 5.41) is 0. The van der Waals surface area contributed by atoms with E-state index in [1.54, 1.807) is 0 Å². The van der Waals surface area contributed by atoms with Gasteiger partial charge in [-0.05, 0) is 25.2 Å². The normalized spacial score (nSPS) is 22.0. The van der Waals surface area contributed by atoms with Crippen molar-refractivity contribution < 1.29 is 4.74 Å². The second-order valence-corrected chi connectivity index (χ2v) is 6.80. The molecule has 0 radical (unpaired) electrons. The molecule has 0 N–H and O–H groups in total. The zero-order valence-electron chi connectivity index (χ0n) is 14.1. The van der Waals surface area contributed by atoms with Crippen molar-refractivity contribution in [1.82, 2.24) is 0 Å². The molecule has 1 heterocycles. The van der Waals surface area contributed by atoms with Crippen molar-refractivity contribution in [2.24, 2.45) is 5.92 Å². The van der Waals surface area contributed by atoms with Crippen LogP contribution in [0.5, 0.6) is 0 Å². The molecule has 0 aromatic rings. The first-order valence-corrected chi connectivity index (χ1v) is 9.06. The zero-order chi connectivity index (χ0) is 14.6. The molecule has 118 valence electrons. The highest BCUT2D eigenvalue weighted by Gasteiger charge is 2.35. The van der Waals surface area contributed by atoms with Gasteiger partial charge in [0.1, 0.15) is 6.10 Å². The summed E-state index contributed by atoms with van der Waals surface area (Å²) in [6.07, 6.45) is 20.6. The maximum absolute atomic E-state index is 5.70. The van der Waals surface area contributed by atoms with E-state index in [2.05, 4.69) is 32.9 Å². The molecule has 0 saturated carbocycles. The van der Waals surface area contributed by atoms with Gasteiger partial charge >= 0.3 is 0 Å². The fraction of sp³-hybridized carbons (Fsp3) is 0.895. The molecule has 0 aromatic carbocycles. The second kappa shape index (κ2) is 11.4. The first kappa shape index (κ1) is 17.8. The third-order valence-corrected chi connectivity index (χ3v) is 4.20. The van der Waals surface area contributed by atoms with Crippen LogP contribution in [0, 0.1) is 5.92 Å². The minimum absolute atomic E-state index is 0.451. The average molecular weight is 280 g/mol. The van der Waals surface area contributed by atoms with E-state index >= 15 is 0 Å². The van der Waals surface area contributed by atoms with E-state index in [1.807, 2.05) is 0 Å². The van der Waals surface area contributed by atoms with Gasteiger partial charge < -0.3 is 4.74 Å². The third kappa shape index (κ3) is 9.58. The molecule has 1 aliphatic heterocycles. The lowest BCUT2D eigenvalue weighted by Crippen LogP contribution is -1.91. The highest BCUT2D eigenvalue weighted by molar-refractivity contribution is 5.02. The Balaban J connectivity index is 1.83. The van der Waals surface area contributed by atoms with Crippen LogP contribution < -0.4 is 0 Å². The van der Waals surface area contributed by atoms with Gasteiger partial charge in [0.15, 0.2) is 0 Å². The van der Waals surface area contributed by atoms with Gasteiger partial charge in [0.05, 0.1) is 6.10 Å². The van der Waals surface area contributed by atoms with E-state index in [0.29, 0.717) is 12.2 Å². The first-order chi connectivity index (χ1) is 9.74. The van der Waals surface area contributed by atoms with Crippen LogP contribution in [0.25, 0.3) is 0 Å². The van der Waals surface area contributed by atoms with Gasteiger partial charge in [0, 0.05) is 0 Å². The van der Waals surface area contributed by atoms with Crippen LogP contribution in [-0.2, 0) is 4.74 Å². The predicted molar refractivity (Wildman–Crippen MR) is 89.1 cm³/mol. The Kier molecular flexibility index (Phi) is 10.1. The summed E-state index contributed by atoms with van der Waals surface area (Å²) < 4.78 is 5.70. The van der Waals surface area contributed by atoms with Crippen molar-refractivity contribution in [2.45, 2.75) is 104 Å². The molecular weight excluding hydrogens is 244 g/mol. The van der Waals surface area contributed by atoms with Gasteiger partial charge in [-0.1, -0.05) is 84.3 Å². The van der Waals surface area contributed by atoms with Gasteiger partial charge in [-0.25, -0.2) is 0 Å². The zero-order valence-corrected chi connectivity index (χ0v) is 14.1. The number of hydrogen-bond donors (Lipinski definition) is 0. The maximum atomic E-state index is 5.70. The summed E-state index contributed by atoms with van der Waals surface area (Å²) >= 11 is 0. The van der Waals surface area contributed by atoms with Crippen molar-refractivity contribution in [3.8, 4) is 0 Å². The van der Waals surface area contributed by atoms with Crippen LogP contribution in [0.3, 0.4) is 0 Å². The van der Waals surface area contributed by atoms with E-state index in [-0.39, 0.29) is 0 Å². The van der Waals surface area contributed by atoms with E-state index in [4.69, 9.17) is 4.74 Å². The molecule has 20 heavy (non-hydrogen) atoms. The average Bonchev–Trinajstić information content (AvgIpc) is 3.16. The van der Waals surface area contributed by atoms with E-state index in [9.17, 15) is 0 Å². The Morgan fingerprint density at radius 2 is 1.60 bits per heavy atom. The Morgan fingerprint density at radius 3 is 2.25 bits per heavy atom. The van der Waals surface area contributed by atoms with Gasteiger partial charge in [-0.15, -0.1) is 0 Å². The van der Waals surface area contributed by atoms with Crippen molar-refractivity contribution >= 4 is 0 Å². The molecule has 1 heteroatoms. The third-order valence-electron chi connectivity index (χ3n) is 4.20. The molecule has 2 atom stereocenters. The van der Waals surface area contributed by atoms with Crippen molar-refractivity contribution in [3.05, 3.63) is 12.2 Å². The minimum Gasteiger partial charge on any atom is -0.365 e. The number of allylic oxidation sites excluding steroid dienone is 1. The van der Waals surface area contributed by atoms with Crippen LogP contribution in [0.15, 0.2) is 12.2 Å². The highest BCUT2D eigenvalue weighted by Crippen LogP contribution is 2.29. The van der Waals surface area contributed by atoms with Crippen LogP contribution in [0.4, 0.5) is 0 Å². The summed E-state index contributed by atoms with van der Waals surface area (Å²) in [4.78, 5) is 0. The molecule has 0 bridgehead atoms. The number of rotatable bonds is 13. The Morgan fingerprint density at radius 1 is 0.950 bits per heavy atom. The second-order valence-electron chi connectivity index (χ2n) is 6.80. The summed E-state index contributed by atoms with van der Waals surface area (Å²) in [5.41, 5.74) is 0. The van der Waals surface area contributed by atoms with Crippen molar-refractivity contribution in [2.75, 3.05) is 0 Å². The van der Waals surface area contributed by atoms with E-state index in [0.717, 1.165) is 5.92 Å². The Labute approximate surface area is 127 Å². The van der Waals surface area contributed by atoms with Gasteiger partial charge in [-0.3, -0.25) is 0 Å². The molecular formula is C19H36O. The summed E-state index contributed by atoms with van der Waals surface area (Å²) in [6, 6.07) is 0. The van der Waals surface area contributed by atoms with Crippen LogP contribution in [0.1, 0.15) is 91.4 Å². The molecule has 1 rings (SSSR count). The summed E-state index contributed by atoms with van der Waals surface area (Å²) in [7, 11) is 0. The molecule has 0 amide bonds. The van der Waals surface area contributed by atoms with Crippen LogP contribution in [0.2, 0.25) is 0 Å².